The fraction of sp³-hybridized carbons (Fsp3) is 0.125. The largest absolute Gasteiger partial charge is 0.452 e. The quantitative estimate of drug-likeness (QED) is 0.450. The van der Waals surface area contributed by atoms with Gasteiger partial charge in [-0.2, -0.15) is 0 Å². The van der Waals surface area contributed by atoms with Gasteiger partial charge in [-0.1, -0.05) is 60.1 Å². The molecule has 30 heavy (non-hydrogen) atoms. The van der Waals surface area contributed by atoms with Gasteiger partial charge in [-0.3, -0.25) is 9.59 Å². The maximum atomic E-state index is 12.4. The van der Waals surface area contributed by atoms with Crippen molar-refractivity contribution in [1.82, 2.24) is 0 Å². The van der Waals surface area contributed by atoms with Crippen LogP contribution in [0.2, 0.25) is 5.02 Å². The number of ketones is 1. The molecule has 0 saturated carbocycles. The van der Waals surface area contributed by atoms with Crippen LogP contribution in [0, 0.1) is 13.8 Å². The molecule has 0 bridgehead atoms. The molecule has 1 amide bonds. The summed E-state index contributed by atoms with van der Waals surface area (Å²) < 4.78 is 5.07. The Kier molecular flexibility index (Phi) is 6.65. The fourth-order valence-electron chi connectivity index (χ4n) is 2.98. The first-order chi connectivity index (χ1) is 14.3. The normalized spacial score (nSPS) is 10.4. The second-order valence-corrected chi connectivity index (χ2v) is 7.24. The Bertz CT molecular complexity index is 1070. The molecule has 0 heterocycles. The molecule has 3 aromatic carbocycles. The van der Waals surface area contributed by atoms with Gasteiger partial charge in [0.05, 0.1) is 16.3 Å². The molecule has 0 aliphatic heterocycles. The van der Waals surface area contributed by atoms with Crippen LogP contribution in [-0.4, -0.2) is 24.3 Å². The Morgan fingerprint density at radius 3 is 2.10 bits per heavy atom. The first-order valence-corrected chi connectivity index (χ1v) is 9.66. The van der Waals surface area contributed by atoms with Crippen molar-refractivity contribution in [1.29, 1.82) is 0 Å². The molecule has 0 radical (unpaired) electrons. The van der Waals surface area contributed by atoms with Crippen LogP contribution >= 0.6 is 11.6 Å². The average molecular weight is 422 g/mol. The van der Waals surface area contributed by atoms with Crippen molar-refractivity contribution >= 4 is 34.9 Å². The third-order valence-electron chi connectivity index (χ3n) is 4.45. The van der Waals surface area contributed by atoms with Gasteiger partial charge in [0.25, 0.3) is 5.91 Å². The maximum Gasteiger partial charge on any atom is 0.338 e. The van der Waals surface area contributed by atoms with Gasteiger partial charge in [0.1, 0.15) is 0 Å². The van der Waals surface area contributed by atoms with E-state index >= 15 is 0 Å². The lowest BCUT2D eigenvalue weighted by Crippen LogP contribution is -2.21. The minimum atomic E-state index is -0.657. The molecule has 0 unspecified atom stereocenters. The van der Waals surface area contributed by atoms with Gasteiger partial charge in [0.2, 0.25) is 0 Å². The number of rotatable bonds is 6. The van der Waals surface area contributed by atoms with Gasteiger partial charge in [-0.15, -0.1) is 0 Å². The number of esters is 1. The number of benzene rings is 3. The van der Waals surface area contributed by atoms with Gasteiger partial charge in [-0.05, 0) is 43.2 Å². The van der Waals surface area contributed by atoms with E-state index in [4.69, 9.17) is 16.3 Å². The Balaban J connectivity index is 1.59. The van der Waals surface area contributed by atoms with Gasteiger partial charge >= 0.3 is 5.97 Å². The van der Waals surface area contributed by atoms with Gasteiger partial charge in [0.15, 0.2) is 12.4 Å². The fourth-order valence-corrected chi connectivity index (χ4v) is 3.35. The number of amides is 1. The summed E-state index contributed by atoms with van der Waals surface area (Å²) in [5, 5.41) is 3.08. The van der Waals surface area contributed by atoms with Crippen LogP contribution in [0.4, 0.5) is 5.69 Å². The molecule has 5 nitrogen and oxygen atoms in total. The monoisotopic (exact) mass is 421 g/mol. The van der Waals surface area contributed by atoms with Crippen molar-refractivity contribution in [2.24, 2.45) is 0 Å². The van der Waals surface area contributed by atoms with E-state index in [0.717, 1.165) is 11.1 Å². The highest BCUT2D eigenvalue weighted by Crippen LogP contribution is 2.27. The molecule has 0 aliphatic carbocycles. The van der Waals surface area contributed by atoms with Crippen molar-refractivity contribution in [2.45, 2.75) is 13.8 Å². The lowest BCUT2D eigenvalue weighted by Gasteiger charge is -2.12. The van der Waals surface area contributed by atoms with E-state index in [0.29, 0.717) is 21.8 Å². The third-order valence-corrected chi connectivity index (χ3v) is 4.75. The molecule has 6 heteroatoms. The van der Waals surface area contributed by atoms with Crippen LogP contribution in [0.3, 0.4) is 0 Å². The zero-order valence-electron chi connectivity index (χ0n) is 16.6. The molecular weight excluding hydrogens is 402 g/mol. The summed E-state index contributed by atoms with van der Waals surface area (Å²) in [6, 6.07) is 18.6. The Labute approximate surface area is 179 Å². The zero-order chi connectivity index (χ0) is 21.7. The van der Waals surface area contributed by atoms with E-state index < -0.39 is 18.5 Å². The number of carbonyl (C=O) groups is 3. The van der Waals surface area contributed by atoms with Crippen LogP contribution in [0.1, 0.15) is 37.4 Å². The molecule has 3 rings (SSSR count). The first-order valence-electron chi connectivity index (χ1n) is 9.28. The highest BCUT2D eigenvalue weighted by molar-refractivity contribution is 6.34. The topological polar surface area (TPSA) is 72.5 Å². The molecule has 152 valence electrons. The minimum Gasteiger partial charge on any atom is -0.452 e. The smallest absolute Gasteiger partial charge is 0.338 e. The Morgan fingerprint density at radius 2 is 1.47 bits per heavy atom. The highest BCUT2D eigenvalue weighted by Gasteiger charge is 2.14. The first kappa shape index (κ1) is 21.3. The number of anilines is 1. The van der Waals surface area contributed by atoms with Crippen molar-refractivity contribution in [3.63, 3.8) is 0 Å². The summed E-state index contributed by atoms with van der Waals surface area (Å²) in [6.07, 6.45) is 0. The van der Waals surface area contributed by atoms with Crippen molar-refractivity contribution in [3.05, 3.63) is 99.6 Å². The van der Waals surface area contributed by atoms with Crippen LogP contribution < -0.4 is 5.32 Å². The molecule has 0 aromatic heterocycles. The summed E-state index contributed by atoms with van der Waals surface area (Å²) in [7, 11) is 0. The van der Waals surface area contributed by atoms with Crippen molar-refractivity contribution in [2.75, 3.05) is 11.9 Å². The second kappa shape index (κ2) is 9.37. The van der Waals surface area contributed by atoms with E-state index in [1.165, 1.54) is 12.1 Å². The molecule has 1 N–H and O–H groups in total. The summed E-state index contributed by atoms with van der Waals surface area (Å²) >= 11 is 6.17. The molecule has 0 saturated heterocycles. The predicted octanol–water partition coefficient (Wildman–Crippen LogP) is 4.98. The lowest BCUT2D eigenvalue weighted by atomic mass is 10.0. The minimum absolute atomic E-state index is 0.139. The predicted molar refractivity (Wildman–Crippen MR) is 116 cm³/mol. The van der Waals surface area contributed by atoms with Crippen LogP contribution in [0.25, 0.3) is 0 Å². The van der Waals surface area contributed by atoms with Crippen LogP contribution in [-0.2, 0) is 9.53 Å². The van der Waals surface area contributed by atoms with Crippen molar-refractivity contribution in [3.8, 4) is 0 Å². The number of hydrogen-bond donors (Lipinski definition) is 1. The van der Waals surface area contributed by atoms with Crippen LogP contribution in [0.5, 0.6) is 0 Å². The van der Waals surface area contributed by atoms with Crippen LogP contribution in [0.15, 0.2) is 66.7 Å². The van der Waals surface area contributed by atoms with E-state index in [1.807, 2.05) is 26.0 Å². The van der Waals surface area contributed by atoms with Gasteiger partial charge in [-0.25, -0.2) is 4.79 Å². The molecule has 0 atom stereocenters. The van der Waals surface area contributed by atoms with E-state index in [-0.39, 0.29) is 11.3 Å². The SMILES string of the molecule is Cc1cc(C)c(NC(=O)COC(=O)c2ccc(C(=O)c3ccccc3)cc2)c(Cl)c1. The summed E-state index contributed by atoms with van der Waals surface area (Å²) in [4.78, 5) is 36.8. The Morgan fingerprint density at radius 1 is 0.867 bits per heavy atom. The molecule has 0 fully saturated rings. The summed E-state index contributed by atoms with van der Waals surface area (Å²) in [5.41, 5.74) is 3.56. The summed E-state index contributed by atoms with van der Waals surface area (Å²) in [5.74, 6) is -1.29. The standard InChI is InChI=1S/C24H20ClNO4/c1-15-12-16(2)22(20(25)13-15)26-21(27)14-30-24(29)19-10-8-18(9-11-19)23(28)17-6-4-3-5-7-17/h3-13H,14H2,1-2H3,(H,26,27). The number of halogens is 1. The number of carbonyl (C=O) groups excluding carboxylic acids is 3. The van der Waals surface area contributed by atoms with E-state index in [2.05, 4.69) is 5.32 Å². The summed E-state index contributed by atoms with van der Waals surface area (Å²) in [6.45, 7) is 3.29. The molecule has 0 aliphatic rings. The lowest BCUT2D eigenvalue weighted by molar-refractivity contribution is -0.119. The highest BCUT2D eigenvalue weighted by atomic mass is 35.5. The van der Waals surface area contributed by atoms with Gasteiger partial charge < -0.3 is 10.1 Å². The number of hydrogen-bond acceptors (Lipinski definition) is 4. The van der Waals surface area contributed by atoms with E-state index in [1.54, 1.807) is 42.5 Å². The Hall–Kier alpha value is -3.44. The second-order valence-electron chi connectivity index (χ2n) is 6.84. The maximum absolute atomic E-state index is 12.4. The number of aryl methyl sites for hydroxylation is 2. The van der Waals surface area contributed by atoms with E-state index in [9.17, 15) is 14.4 Å². The molecule has 0 spiro atoms. The molecule has 3 aromatic rings. The third kappa shape index (κ3) is 5.13. The van der Waals surface area contributed by atoms with Crippen molar-refractivity contribution < 1.29 is 19.1 Å². The van der Waals surface area contributed by atoms with Gasteiger partial charge in [0, 0.05) is 11.1 Å². The molecular formula is C24H20ClNO4. The average Bonchev–Trinajstić information content (AvgIpc) is 2.74. The number of ether oxygens (including phenoxy) is 1. The number of nitrogens with one attached hydrogen (secondary N) is 1. The zero-order valence-corrected chi connectivity index (χ0v) is 17.3.